The van der Waals surface area contributed by atoms with Crippen molar-refractivity contribution in [1.82, 2.24) is 0 Å². The van der Waals surface area contributed by atoms with Crippen LogP contribution in [0.15, 0.2) is 12.2 Å². The predicted molar refractivity (Wildman–Crippen MR) is 45.4 cm³/mol. The molecule has 0 aromatic heterocycles. The normalized spacial score (nSPS) is 40.1. The van der Waals surface area contributed by atoms with Crippen LogP contribution < -0.4 is 0 Å². The Bertz CT molecular complexity index is 228. The Morgan fingerprint density at radius 1 is 1.33 bits per heavy atom. The minimum atomic E-state index is -0.141. The Kier molecular flexibility index (Phi) is 2.14. The van der Waals surface area contributed by atoms with Crippen LogP contribution in [0.25, 0.3) is 0 Å². The van der Waals surface area contributed by atoms with Gasteiger partial charge in [0.05, 0.1) is 12.2 Å². The van der Waals surface area contributed by atoms with Crippen molar-refractivity contribution in [3.63, 3.8) is 0 Å². The topological polar surface area (TPSA) is 33.0 Å². The average Bonchev–Trinajstić information content (AvgIpc) is 2.17. The highest BCUT2D eigenvalue weighted by molar-refractivity contribution is 5.02. The van der Waals surface area contributed by atoms with E-state index >= 15 is 0 Å². The number of fused-ring (bicyclic) bond motifs is 1. The van der Waals surface area contributed by atoms with Gasteiger partial charge in [0.15, 0.2) is 0 Å². The van der Waals surface area contributed by atoms with E-state index in [1.807, 2.05) is 0 Å². The van der Waals surface area contributed by atoms with E-state index in [4.69, 9.17) is 10.00 Å². The predicted octanol–water partition coefficient (Wildman–Crippen LogP) is 2.02. The fourth-order valence-electron chi connectivity index (χ4n) is 2.04. The first-order valence-corrected chi connectivity index (χ1v) is 4.62. The largest absolute Gasteiger partial charge is 0.359 e. The summed E-state index contributed by atoms with van der Waals surface area (Å²) in [5.41, 5.74) is 0. The van der Waals surface area contributed by atoms with E-state index in [1.165, 1.54) is 0 Å². The SMILES string of the molecule is N#CC1CC[C@@H]2C=CCC[C@@H]2O1. The summed E-state index contributed by atoms with van der Waals surface area (Å²) < 4.78 is 5.63. The lowest BCUT2D eigenvalue weighted by Crippen LogP contribution is -2.34. The molecule has 1 saturated heterocycles. The van der Waals surface area contributed by atoms with Gasteiger partial charge in [-0.15, -0.1) is 0 Å². The van der Waals surface area contributed by atoms with Crippen molar-refractivity contribution < 1.29 is 4.74 Å². The first-order chi connectivity index (χ1) is 5.90. The molecule has 2 aliphatic rings. The third-order valence-electron chi connectivity index (χ3n) is 2.72. The molecule has 1 heterocycles. The third-order valence-corrected chi connectivity index (χ3v) is 2.72. The molecule has 0 saturated carbocycles. The van der Waals surface area contributed by atoms with Gasteiger partial charge in [0, 0.05) is 5.92 Å². The minimum Gasteiger partial charge on any atom is -0.359 e. The van der Waals surface area contributed by atoms with Crippen molar-refractivity contribution >= 4 is 0 Å². The summed E-state index contributed by atoms with van der Waals surface area (Å²) in [6, 6.07) is 2.19. The molecule has 0 amide bonds. The highest BCUT2D eigenvalue weighted by atomic mass is 16.5. The number of nitriles is 1. The number of rotatable bonds is 0. The van der Waals surface area contributed by atoms with Crippen LogP contribution in [0.3, 0.4) is 0 Å². The van der Waals surface area contributed by atoms with E-state index in [1.54, 1.807) is 0 Å². The molecule has 1 aliphatic carbocycles. The highest BCUT2D eigenvalue weighted by Crippen LogP contribution is 2.31. The van der Waals surface area contributed by atoms with Gasteiger partial charge >= 0.3 is 0 Å². The van der Waals surface area contributed by atoms with E-state index in [-0.39, 0.29) is 6.10 Å². The molecule has 64 valence electrons. The van der Waals surface area contributed by atoms with E-state index < -0.39 is 0 Å². The Morgan fingerprint density at radius 2 is 2.25 bits per heavy atom. The third kappa shape index (κ3) is 1.37. The van der Waals surface area contributed by atoms with Crippen LogP contribution in [0.1, 0.15) is 25.7 Å². The van der Waals surface area contributed by atoms with Crippen LogP contribution in [0.4, 0.5) is 0 Å². The zero-order valence-electron chi connectivity index (χ0n) is 7.07. The van der Waals surface area contributed by atoms with Crippen molar-refractivity contribution in [2.75, 3.05) is 0 Å². The van der Waals surface area contributed by atoms with Gasteiger partial charge in [0.1, 0.15) is 6.10 Å². The molecule has 0 radical (unpaired) electrons. The number of hydrogen-bond acceptors (Lipinski definition) is 2. The molecular formula is C10H13NO. The maximum atomic E-state index is 8.69. The summed E-state index contributed by atoms with van der Waals surface area (Å²) in [7, 11) is 0. The molecule has 12 heavy (non-hydrogen) atoms. The molecule has 0 aromatic carbocycles. The molecule has 0 spiro atoms. The first kappa shape index (κ1) is 7.82. The van der Waals surface area contributed by atoms with Gasteiger partial charge in [-0.05, 0) is 25.7 Å². The van der Waals surface area contributed by atoms with Gasteiger partial charge < -0.3 is 4.74 Å². The van der Waals surface area contributed by atoms with Crippen LogP contribution in [-0.4, -0.2) is 12.2 Å². The molecule has 2 rings (SSSR count). The number of ether oxygens (including phenoxy) is 1. The van der Waals surface area contributed by atoms with Crippen molar-refractivity contribution in [2.24, 2.45) is 5.92 Å². The molecule has 2 nitrogen and oxygen atoms in total. The Labute approximate surface area is 72.8 Å². The van der Waals surface area contributed by atoms with Crippen LogP contribution in [-0.2, 0) is 4.74 Å². The summed E-state index contributed by atoms with van der Waals surface area (Å²) in [5.74, 6) is 0.586. The zero-order valence-corrected chi connectivity index (χ0v) is 7.07. The van der Waals surface area contributed by atoms with Gasteiger partial charge in [-0.25, -0.2) is 0 Å². The molecule has 3 atom stereocenters. The molecule has 1 unspecified atom stereocenters. The molecule has 0 bridgehead atoms. The van der Waals surface area contributed by atoms with Crippen LogP contribution >= 0.6 is 0 Å². The van der Waals surface area contributed by atoms with Gasteiger partial charge in [-0.3, -0.25) is 0 Å². The Morgan fingerprint density at radius 3 is 3.08 bits per heavy atom. The summed E-state index contributed by atoms with van der Waals surface area (Å²) in [4.78, 5) is 0. The lowest BCUT2D eigenvalue weighted by atomic mass is 9.85. The molecule has 1 fully saturated rings. The van der Waals surface area contributed by atoms with Gasteiger partial charge in [-0.2, -0.15) is 5.26 Å². The van der Waals surface area contributed by atoms with Gasteiger partial charge in [-0.1, -0.05) is 12.2 Å². The van der Waals surface area contributed by atoms with Gasteiger partial charge in [0.2, 0.25) is 0 Å². The molecule has 2 heteroatoms. The molecule has 0 aromatic rings. The summed E-state index contributed by atoms with van der Waals surface area (Å²) in [6.07, 6.45) is 8.91. The summed E-state index contributed by atoms with van der Waals surface area (Å²) in [6.45, 7) is 0. The van der Waals surface area contributed by atoms with Crippen molar-refractivity contribution in [2.45, 2.75) is 37.9 Å². The van der Waals surface area contributed by atoms with Gasteiger partial charge in [0.25, 0.3) is 0 Å². The monoisotopic (exact) mass is 163 g/mol. The second kappa shape index (κ2) is 3.28. The van der Waals surface area contributed by atoms with Crippen LogP contribution in [0.2, 0.25) is 0 Å². The Hall–Kier alpha value is -0.810. The average molecular weight is 163 g/mol. The Balaban J connectivity index is 2.02. The van der Waals surface area contributed by atoms with E-state index in [0.29, 0.717) is 12.0 Å². The van der Waals surface area contributed by atoms with E-state index in [2.05, 4.69) is 18.2 Å². The summed E-state index contributed by atoms with van der Waals surface area (Å²) in [5, 5.41) is 8.69. The number of allylic oxidation sites excluding steroid dienone is 1. The van der Waals surface area contributed by atoms with Crippen molar-refractivity contribution in [1.29, 1.82) is 5.26 Å². The maximum Gasteiger partial charge on any atom is 0.144 e. The second-order valence-corrected chi connectivity index (χ2v) is 3.54. The van der Waals surface area contributed by atoms with E-state index in [0.717, 1.165) is 25.7 Å². The molecule has 1 aliphatic heterocycles. The quantitative estimate of drug-likeness (QED) is 0.512. The minimum absolute atomic E-state index is 0.141. The highest BCUT2D eigenvalue weighted by Gasteiger charge is 2.30. The number of nitrogens with zero attached hydrogens (tertiary/aromatic N) is 1. The fourth-order valence-corrected chi connectivity index (χ4v) is 2.04. The van der Waals surface area contributed by atoms with Crippen molar-refractivity contribution in [3.8, 4) is 6.07 Å². The molecular weight excluding hydrogens is 150 g/mol. The summed E-state index contributed by atoms with van der Waals surface area (Å²) >= 11 is 0. The first-order valence-electron chi connectivity index (χ1n) is 4.62. The maximum absolute atomic E-state index is 8.69. The fraction of sp³-hybridized carbons (Fsp3) is 0.700. The zero-order chi connectivity index (χ0) is 8.39. The lowest BCUT2D eigenvalue weighted by molar-refractivity contribution is -0.0513. The molecule has 0 N–H and O–H groups in total. The van der Waals surface area contributed by atoms with Crippen LogP contribution in [0, 0.1) is 17.2 Å². The standard InChI is InChI=1S/C10H13NO/c11-7-9-6-5-8-3-1-2-4-10(8)12-9/h1,3,8-10H,2,4-6H2/t8-,9?,10-/m0/s1. The second-order valence-electron chi connectivity index (χ2n) is 3.54. The van der Waals surface area contributed by atoms with Crippen molar-refractivity contribution in [3.05, 3.63) is 12.2 Å². The van der Waals surface area contributed by atoms with E-state index in [9.17, 15) is 0 Å². The smallest absolute Gasteiger partial charge is 0.144 e. The van der Waals surface area contributed by atoms with Crippen LogP contribution in [0.5, 0.6) is 0 Å². The number of hydrogen-bond donors (Lipinski definition) is 0. The lowest BCUT2D eigenvalue weighted by Gasteiger charge is -2.34.